The second kappa shape index (κ2) is 9.54. The van der Waals surface area contributed by atoms with Crippen LogP contribution in [-0.4, -0.2) is 6.61 Å². The third-order valence-corrected chi connectivity index (χ3v) is 4.61. The van der Waals surface area contributed by atoms with Gasteiger partial charge in [0, 0.05) is 27.8 Å². The SMILES string of the molecule is CCOc1cc(CNc2ccc(Cl)cc2)ccc1OCc1ccccc1Cl. The normalized spacial score (nSPS) is 10.5. The summed E-state index contributed by atoms with van der Waals surface area (Å²) in [6, 6.07) is 21.2. The molecule has 3 aromatic rings. The summed E-state index contributed by atoms with van der Waals surface area (Å²) in [6.45, 7) is 3.58. The van der Waals surface area contributed by atoms with E-state index >= 15 is 0 Å². The molecule has 0 bridgehead atoms. The van der Waals surface area contributed by atoms with Crippen molar-refractivity contribution in [3.63, 3.8) is 0 Å². The highest BCUT2D eigenvalue weighted by Gasteiger charge is 2.08. The van der Waals surface area contributed by atoms with Crippen LogP contribution < -0.4 is 14.8 Å². The van der Waals surface area contributed by atoms with Crippen LogP contribution in [0.25, 0.3) is 0 Å². The van der Waals surface area contributed by atoms with Crippen molar-refractivity contribution >= 4 is 28.9 Å². The van der Waals surface area contributed by atoms with Gasteiger partial charge in [0.25, 0.3) is 0 Å². The summed E-state index contributed by atoms with van der Waals surface area (Å²) in [5, 5.41) is 4.79. The van der Waals surface area contributed by atoms with Crippen molar-refractivity contribution in [1.29, 1.82) is 0 Å². The first-order valence-electron chi connectivity index (χ1n) is 8.77. The number of hydrogen-bond donors (Lipinski definition) is 1. The molecule has 0 aliphatic heterocycles. The first kappa shape index (κ1) is 19.4. The van der Waals surface area contributed by atoms with Crippen molar-refractivity contribution in [1.82, 2.24) is 0 Å². The monoisotopic (exact) mass is 401 g/mol. The van der Waals surface area contributed by atoms with E-state index in [0.29, 0.717) is 30.5 Å². The second-order valence-electron chi connectivity index (χ2n) is 5.95. The van der Waals surface area contributed by atoms with Crippen LogP contribution in [0.2, 0.25) is 10.0 Å². The predicted octanol–water partition coefficient (Wildman–Crippen LogP) is 6.58. The molecule has 0 atom stereocenters. The van der Waals surface area contributed by atoms with Gasteiger partial charge in [0.15, 0.2) is 11.5 Å². The van der Waals surface area contributed by atoms with Crippen LogP contribution in [0.1, 0.15) is 18.1 Å². The molecule has 0 fully saturated rings. The molecule has 3 nitrogen and oxygen atoms in total. The first-order chi connectivity index (χ1) is 13.2. The summed E-state index contributed by atoms with van der Waals surface area (Å²) in [5.41, 5.74) is 3.05. The Morgan fingerprint density at radius 1 is 0.852 bits per heavy atom. The van der Waals surface area contributed by atoms with E-state index in [9.17, 15) is 0 Å². The third-order valence-electron chi connectivity index (χ3n) is 3.99. The molecule has 0 saturated carbocycles. The number of halogens is 2. The number of benzene rings is 3. The Balaban J connectivity index is 1.68. The average Bonchev–Trinajstić information content (AvgIpc) is 2.68. The van der Waals surface area contributed by atoms with Crippen LogP contribution >= 0.6 is 23.2 Å². The fourth-order valence-corrected chi connectivity index (χ4v) is 2.91. The molecule has 0 heterocycles. The molecule has 3 aromatic carbocycles. The number of nitrogens with one attached hydrogen (secondary N) is 1. The van der Waals surface area contributed by atoms with E-state index in [1.54, 1.807) is 0 Å². The van der Waals surface area contributed by atoms with Crippen LogP contribution in [0.4, 0.5) is 5.69 Å². The summed E-state index contributed by atoms with van der Waals surface area (Å²) in [6.07, 6.45) is 0. The summed E-state index contributed by atoms with van der Waals surface area (Å²) in [5.74, 6) is 1.42. The topological polar surface area (TPSA) is 30.5 Å². The molecule has 0 aliphatic carbocycles. The van der Waals surface area contributed by atoms with Gasteiger partial charge in [-0.05, 0) is 55.0 Å². The van der Waals surface area contributed by atoms with E-state index in [2.05, 4.69) is 5.32 Å². The van der Waals surface area contributed by atoms with Crippen molar-refractivity contribution in [2.75, 3.05) is 11.9 Å². The molecule has 1 N–H and O–H groups in total. The fraction of sp³-hybridized carbons (Fsp3) is 0.182. The van der Waals surface area contributed by atoms with E-state index in [4.69, 9.17) is 32.7 Å². The molecule has 0 aromatic heterocycles. The Bertz CT molecular complexity index is 882. The van der Waals surface area contributed by atoms with Gasteiger partial charge in [0.05, 0.1) is 6.61 Å². The van der Waals surface area contributed by atoms with Gasteiger partial charge in [-0.2, -0.15) is 0 Å². The number of rotatable bonds is 8. The van der Waals surface area contributed by atoms with E-state index in [-0.39, 0.29) is 0 Å². The Kier molecular flexibility index (Phi) is 6.86. The van der Waals surface area contributed by atoms with Gasteiger partial charge in [0.1, 0.15) is 6.61 Å². The molecule has 140 valence electrons. The smallest absolute Gasteiger partial charge is 0.161 e. The van der Waals surface area contributed by atoms with Crippen LogP contribution in [0, 0.1) is 0 Å². The van der Waals surface area contributed by atoms with E-state index in [1.165, 1.54) is 0 Å². The molecular formula is C22H21Cl2NO2. The van der Waals surface area contributed by atoms with Gasteiger partial charge < -0.3 is 14.8 Å². The Labute approximate surface area is 169 Å². The zero-order chi connectivity index (χ0) is 19.1. The van der Waals surface area contributed by atoms with E-state index < -0.39 is 0 Å². The minimum Gasteiger partial charge on any atom is -0.490 e. The lowest BCUT2D eigenvalue weighted by Gasteiger charge is -2.14. The fourth-order valence-electron chi connectivity index (χ4n) is 2.59. The molecule has 0 spiro atoms. The molecule has 0 amide bonds. The number of anilines is 1. The van der Waals surface area contributed by atoms with Gasteiger partial charge in [-0.1, -0.05) is 47.5 Å². The predicted molar refractivity (Wildman–Crippen MR) is 112 cm³/mol. The molecule has 3 rings (SSSR count). The molecule has 0 saturated heterocycles. The lowest BCUT2D eigenvalue weighted by molar-refractivity contribution is 0.269. The zero-order valence-electron chi connectivity index (χ0n) is 15.0. The highest BCUT2D eigenvalue weighted by atomic mass is 35.5. The van der Waals surface area contributed by atoms with E-state index in [1.807, 2.05) is 73.7 Å². The van der Waals surface area contributed by atoms with Crippen LogP contribution in [0.5, 0.6) is 11.5 Å². The molecular weight excluding hydrogens is 381 g/mol. The van der Waals surface area contributed by atoms with Crippen molar-refractivity contribution in [2.45, 2.75) is 20.1 Å². The minimum atomic E-state index is 0.391. The second-order valence-corrected chi connectivity index (χ2v) is 6.80. The highest BCUT2D eigenvalue weighted by molar-refractivity contribution is 6.31. The summed E-state index contributed by atoms with van der Waals surface area (Å²) < 4.78 is 11.7. The average molecular weight is 402 g/mol. The Morgan fingerprint density at radius 2 is 1.63 bits per heavy atom. The van der Waals surface area contributed by atoms with Crippen molar-refractivity contribution in [2.24, 2.45) is 0 Å². The third kappa shape index (κ3) is 5.56. The largest absolute Gasteiger partial charge is 0.490 e. The Morgan fingerprint density at radius 3 is 2.37 bits per heavy atom. The van der Waals surface area contributed by atoms with Gasteiger partial charge in [0.2, 0.25) is 0 Å². The van der Waals surface area contributed by atoms with E-state index in [0.717, 1.165) is 27.6 Å². The summed E-state index contributed by atoms with van der Waals surface area (Å²) >= 11 is 12.1. The maximum Gasteiger partial charge on any atom is 0.161 e. The maximum absolute atomic E-state index is 6.20. The first-order valence-corrected chi connectivity index (χ1v) is 9.52. The van der Waals surface area contributed by atoms with Crippen molar-refractivity contribution < 1.29 is 9.47 Å². The summed E-state index contributed by atoms with van der Waals surface area (Å²) in [4.78, 5) is 0. The van der Waals surface area contributed by atoms with Gasteiger partial charge >= 0.3 is 0 Å². The molecule has 0 aliphatic rings. The number of ether oxygens (including phenoxy) is 2. The molecule has 27 heavy (non-hydrogen) atoms. The van der Waals surface area contributed by atoms with Crippen molar-refractivity contribution in [3.05, 3.63) is 87.9 Å². The maximum atomic E-state index is 6.20. The zero-order valence-corrected chi connectivity index (χ0v) is 16.6. The Hall–Kier alpha value is -2.36. The van der Waals surface area contributed by atoms with Crippen LogP contribution in [0.3, 0.4) is 0 Å². The molecule has 5 heteroatoms. The van der Waals surface area contributed by atoms with Gasteiger partial charge in [-0.15, -0.1) is 0 Å². The van der Waals surface area contributed by atoms with Crippen LogP contribution in [0.15, 0.2) is 66.7 Å². The van der Waals surface area contributed by atoms with Crippen molar-refractivity contribution in [3.8, 4) is 11.5 Å². The quantitative estimate of drug-likeness (QED) is 0.462. The lowest BCUT2D eigenvalue weighted by Crippen LogP contribution is -2.03. The molecule has 0 unspecified atom stereocenters. The highest BCUT2D eigenvalue weighted by Crippen LogP contribution is 2.30. The van der Waals surface area contributed by atoms with Gasteiger partial charge in [-0.25, -0.2) is 0 Å². The van der Waals surface area contributed by atoms with Crippen LogP contribution in [-0.2, 0) is 13.2 Å². The number of hydrogen-bond acceptors (Lipinski definition) is 3. The minimum absolute atomic E-state index is 0.391. The summed E-state index contributed by atoms with van der Waals surface area (Å²) in [7, 11) is 0. The van der Waals surface area contributed by atoms with Gasteiger partial charge in [-0.3, -0.25) is 0 Å². The standard InChI is InChI=1S/C22H21Cl2NO2/c1-2-26-22-13-16(14-25-19-10-8-18(23)9-11-19)7-12-21(22)27-15-17-5-3-4-6-20(17)24/h3-13,25H,2,14-15H2,1H3. The lowest BCUT2D eigenvalue weighted by atomic mass is 10.2. The molecule has 0 radical (unpaired) electrons.